The van der Waals surface area contributed by atoms with Crippen LogP contribution in [-0.4, -0.2) is 12.5 Å². The minimum absolute atomic E-state index is 0.0324. The fraction of sp³-hybridized carbons (Fsp3) is 0.0870. The first kappa shape index (κ1) is 16.7. The molecular formula is C23H21NO. The minimum Gasteiger partial charge on any atom is -0.352 e. The molecule has 0 fully saturated rings. The molecule has 2 heteroatoms. The van der Waals surface area contributed by atoms with Crippen LogP contribution in [0.2, 0.25) is 0 Å². The quantitative estimate of drug-likeness (QED) is 0.638. The lowest BCUT2D eigenvalue weighted by molar-refractivity contribution is 0.0954. The normalized spacial score (nSPS) is 10.1. The highest BCUT2D eigenvalue weighted by atomic mass is 16.1. The molecule has 0 aliphatic heterocycles. The molecule has 0 unspecified atom stereocenters. The number of hydrogen-bond donors (Lipinski definition) is 1. The van der Waals surface area contributed by atoms with Crippen LogP contribution in [0.1, 0.15) is 27.9 Å². The molecule has 1 N–H and O–H groups in total. The molecule has 0 heterocycles. The smallest absolute Gasteiger partial charge is 0.251 e. The van der Waals surface area contributed by atoms with E-state index < -0.39 is 0 Å². The summed E-state index contributed by atoms with van der Waals surface area (Å²) in [6, 6.07) is 30.0. The second-order valence-electron chi connectivity index (χ2n) is 5.76. The van der Waals surface area contributed by atoms with Crippen molar-refractivity contribution in [2.24, 2.45) is 0 Å². The second kappa shape index (κ2) is 8.65. The van der Waals surface area contributed by atoms with Crippen LogP contribution in [0.3, 0.4) is 0 Å². The molecule has 0 aliphatic rings. The third-order valence-corrected chi connectivity index (χ3v) is 3.98. The second-order valence-corrected chi connectivity index (χ2v) is 5.76. The van der Waals surface area contributed by atoms with Crippen LogP contribution in [-0.2, 0) is 0 Å². The molecule has 0 saturated carbocycles. The van der Waals surface area contributed by atoms with Crippen LogP contribution in [0.5, 0.6) is 0 Å². The zero-order chi connectivity index (χ0) is 17.3. The molecule has 3 aromatic rings. The van der Waals surface area contributed by atoms with Gasteiger partial charge in [0, 0.05) is 12.1 Å². The van der Waals surface area contributed by atoms with E-state index in [0.29, 0.717) is 12.1 Å². The first-order chi connectivity index (χ1) is 12.3. The molecule has 2 nitrogen and oxygen atoms in total. The Morgan fingerprint density at radius 3 is 1.60 bits per heavy atom. The van der Waals surface area contributed by atoms with Crippen molar-refractivity contribution in [2.45, 2.75) is 6.42 Å². The predicted octanol–water partition coefficient (Wildman–Crippen LogP) is 4.94. The van der Waals surface area contributed by atoms with Gasteiger partial charge in [-0.2, -0.15) is 0 Å². The summed E-state index contributed by atoms with van der Waals surface area (Å²) in [6.45, 7) is 0.608. The van der Waals surface area contributed by atoms with E-state index in [1.807, 2.05) is 66.7 Å². The Kier molecular flexibility index (Phi) is 5.78. The van der Waals surface area contributed by atoms with Crippen molar-refractivity contribution in [1.82, 2.24) is 5.32 Å². The van der Waals surface area contributed by atoms with E-state index >= 15 is 0 Å². The van der Waals surface area contributed by atoms with E-state index in [0.717, 1.165) is 6.42 Å². The SMILES string of the molecule is O=C(NCCC=C(c1ccccc1)c1ccccc1)c1ccccc1. The molecule has 0 atom stereocenters. The van der Waals surface area contributed by atoms with E-state index in [1.54, 1.807) is 0 Å². The number of benzene rings is 3. The van der Waals surface area contributed by atoms with Crippen LogP contribution in [0.25, 0.3) is 5.57 Å². The average Bonchev–Trinajstić information content (AvgIpc) is 2.70. The summed E-state index contributed by atoms with van der Waals surface area (Å²) in [5, 5.41) is 2.97. The molecule has 0 bridgehead atoms. The highest BCUT2D eigenvalue weighted by Crippen LogP contribution is 2.23. The van der Waals surface area contributed by atoms with Gasteiger partial charge in [-0.3, -0.25) is 4.79 Å². The van der Waals surface area contributed by atoms with Gasteiger partial charge in [0.1, 0.15) is 0 Å². The molecule has 3 aromatic carbocycles. The van der Waals surface area contributed by atoms with Crippen LogP contribution >= 0.6 is 0 Å². The Morgan fingerprint density at radius 1 is 0.680 bits per heavy atom. The van der Waals surface area contributed by atoms with Gasteiger partial charge in [-0.25, -0.2) is 0 Å². The molecule has 0 radical (unpaired) electrons. The summed E-state index contributed by atoms with van der Waals surface area (Å²) >= 11 is 0. The van der Waals surface area contributed by atoms with Gasteiger partial charge in [-0.05, 0) is 35.3 Å². The summed E-state index contributed by atoms with van der Waals surface area (Å²) in [7, 11) is 0. The summed E-state index contributed by atoms with van der Waals surface area (Å²) < 4.78 is 0. The minimum atomic E-state index is -0.0324. The van der Waals surface area contributed by atoms with Crippen molar-refractivity contribution in [3.8, 4) is 0 Å². The van der Waals surface area contributed by atoms with Crippen molar-refractivity contribution in [3.05, 3.63) is 114 Å². The van der Waals surface area contributed by atoms with Gasteiger partial charge < -0.3 is 5.32 Å². The summed E-state index contributed by atoms with van der Waals surface area (Å²) in [5.74, 6) is -0.0324. The van der Waals surface area contributed by atoms with E-state index in [-0.39, 0.29) is 5.91 Å². The molecule has 124 valence electrons. The van der Waals surface area contributed by atoms with E-state index in [2.05, 4.69) is 35.7 Å². The molecule has 0 aromatic heterocycles. The molecule has 1 amide bonds. The Balaban J connectivity index is 1.69. The van der Waals surface area contributed by atoms with E-state index in [9.17, 15) is 4.79 Å². The zero-order valence-corrected chi connectivity index (χ0v) is 14.1. The third kappa shape index (κ3) is 4.67. The van der Waals surface area contributed by atoms with Gasteiger partial charge >= 0.3 is 0 Å². The fourth-order valence-corrected chi connectivity index (χ4v) is 2.73. The zero-order valence-electron chi connectivity index (χ0n) is 14.1. The maximum absolute atomic E-state index is 12.1. The van der Waals surface area contributed by atoms with Crippen LogP contribution in [0.15, 0.2) is 97.1 Å². The standard InChI is InChI=1S/C23H21NO/c25-23(21-15-8-3-9-16-21)24-18-10-17-22(19-11-4-1-5-12-19)20-13-6-2-7-14-20/h1-9,11-17H,10,18H2,(H,24,25). The predicted molar refractivity (Wildman–Crippen MR) is 103 cm³/mol. The molecule has 25 heavy (non-hydrogen) atoms. The first-order valence-electron chi connectivity index (χ1n) is 8.49. The monoisotopic (exact) mass is 327 g/mol. The largest absolute Gasteiger partial charge is 0.352 e. The number of hydrogen-bond acceptors (Lipinski definition) is 1. The summed E-state index contributed by atoms with van der Waals surface area (Å²) in [4.78, 5) is 12.1. The Morgan fingerprint density at radius 2 is 1.12 bits per heavy atom. The summed E-state index contributed by atoms with van der Waals surface area (Å²) in [5.41, 5.74) is 4.25. The highest BCUT2D eigenvalue weighted by molar-refractivity contribution is 5.94. The van der Waals surface area contributed by atoms with E-state index in [4.69, 9.17) is 0 Å². The third-order valence-electron chi connectivity index (χ3n) is 3.98. The Bertz CT molecular complexity index is 782. The van der Waals surface area contributed by atoms with Crippen molar-refractivity contribution in [1.29, 1.82) is 0 Å². The molecule has 3 rings (SSSR count). The molecule has 0 saturated heterocycles. The maximum atomic E-state index is 12.1. The molecule has 0 spiro atoms. The van der Waals surface area contributed by atoms with Gasteiger partial charge in [0.25, 0.3) is 5.91 Å². The topological polar surface area (TPSA) is 29.1 Å². The molecular weight excluding hydrogens is 306 g/mol. The van der Waals surface area contributed by atoms with Crippen LogP contribution in [0.4, 0.5) is 0 Å². The number of carbonyl (C=O) groups excluding carboxylic acids is 1. The van der Waals surface area contributed by atoms with Crippen molar-refractivity contribution in [2.75, 3.05) is 6.54 Å². The van der Waals surface area contributed by atoms with Gasteiger partial charge in [-0.1, -0.05) is 84.9 Å². The van der Waals surface area contributed by atoms with Gasteiger partial charge in [-0.15, -0.1) is 0 Å². The summed E-state index contributed by atoms with van der Waals surface area (Å²) in [6.07, 6.45) is 2.97. The first-order valence-corrected chi connectivity index (χ1v) is 8.49. The lowest BCUT2D eigenvalue weighted by Gasteiger charge is -2.09. The van der Waals surface area contributed by atoms with Gasteiger partial charge in [0.05, 0.1) is 0 Å². The van der Waals surface area contributed by atoms with E-state index in [1.165, 1.54) is 16.7 Å². The number of carbonyl (C=O) groups is 1. The Labute approximate surface area is 148 Å². The molecule has 0 aliphatic carbocycles. The van der Waals surface area contributed by atoms with Gasteiger partial charge in [0.2, 0.25) is 0 Å². The number of amides is 1. The Hall–Kier alpha value is -3.13. The van der Waals surface area contributed by atoms with Gasteiger partial charge in [0.15, 0.2) is 0 Å². The average molecular weight is 327 g/mol. The van der Waals surface area contributed by atoms with Crippen molar-refractivity contribution >= 4 is 11.5 Å². The van der Waals surface area contributed by atoms with Crippen LogP contribution in [0, 0.1) is 0 Å². The highest BCUT2D eigenvalue weighted by Gasteiger charge is 2.05. The van der Waals surface area contributed by atoms with Crippen LogP contribution < -0.4 is 5.32 Å². The lowest BCUT2D eigenvalue weighted by Crippen LogP contribution is -2.24. The maximum Gasteiger partial charge on any atom is 0.251 e. The fourth-order valence-electron chi connectivity index (χ4n) is 2.73. The van der Waals surface area contributed by atoms with Crippen molar-refractivity contribution < 1.29 is 4.79 Å². The number of rotatable bonds is 6. The number of nitrogens with one attached hydrogen (secondary N) is 1. The van der Waals surface area contributed by atoms with Crippen molar-refractivity contribution in [3.63, 3.8) is 0 Å². The lowest BCUT2D eigenvalue weighted by atomic mass is 9.97.